The van der Waals surface area contributed by atoms with Crippen molar-refractivity contribution in [3.63, 3.8) is 0 Å². The molecule has 2 nitrogen and oxygen atoms in total. The van der Waals surface area contributed by atoms with Crippen molar-refractivity contribution < 1.29 is 4.39 Å². The summed E-state index contributed by atoms with van der Waals surface area (Å²) in [6, 6.07) is 0. The third kappa shape index (κ3) is 2.44. The molecule has 0 fully saturated rings. The van der Waals surface area contributed by atoms with Gasteiger partial charge in [0.25, 0.3) is 0 Å². The third-order valence-electron chi connectivity index (χ3n) is 2.41. The van der Waals surface area contributed by atoms with E-state index in [1.165, 1.54) is 6.33 Å². The molecule has 1 atom stereocenters. The van der Waals surface area contributed by atoms with Gasteiger partial charge in [-0.1, -0.05) is 6.92 Å². The summed E-state index contributed by atoms with van der Waals surface area (Å²) >= 11 is 3.53. The largest absolute Gasteiger partial charge is 0.241 e. The second-order valence-corrected chi connectivity index (χ2v) is 3.44. The molecule has 4 heteroatoms. The van der Waals surface area contributed by atoms with Gasteiger partial charge in [0.2, 0.25) is 5.95 Å². The van der Waals surface area contributed by atoms with Gasteiger partial charge in [-0.3, -0.25) is 0 Å². The Morgan fingerprint density at radius 2 is 2.14 bits per heavy atom. The molecule has 0 amide bonds. The molecule has 0 radical (unpaired) electrons. The molecule has 1 unspecified atom stereocenters. The van der Waals surface area contributed by atoms with Gasteiger partial charge < -0.3 is 0 Å². The molecule has 1 aliphatic rings. The Kier molecular flexibility index (Phi) is 4.32. The average Bonchev–Trinajstić information content (AvgIpc) is 2.21. The molecule has 0 bridgehead atoms. The summed E-state index contributed by atoms with van der Waals surface area (Å²) in [5, 5.41) is 0. The van der Waals surface area contributed by atoms with E-state index < -0.39 is 0 Å². The van der Waals surface area contributed by atoms with Crippen LogP contribution in [0.4, 0.5) is 4.39 Å². The summed E-state index contributed by atoms with van der Waals surface area (Å²) < 4.78 is 13.0. The molecule has 1 heterocycles. The maximum absolute atomic E-state index is 13.0. The Bertz CT molecular complexity index is 304. The highest BCUT2D eigenvalue weighted by Gasteiger charge is 2.19. The third-order valence-corrected chi connectivity index (χ3v) is 2.41. The molecule has 14 heavy (non-hydrogen) atoms. The van der Waals surface area contributed by atoms with Crippen molar-refractivity contribution >= 4 is 12.6 Å². The molecule has 1 aliphatic carbocycles. The number of nitrogens with zero attached hydrogens (tertiary/aromatic N) is 2. The maximum atomic E-state index is 13.0. The Hall–Kier alpha value is -0.640. The van der Waals surface area contributed by atoms with Crippen LogP contribution < -0.4 is 0 Å². The van der Waals surface area contributed by atoms with Gasteiger partial charge >= 0.3 is 0 Å². The first kappa shape index (κ1) is 11.4. The van der Waals surface area contributed by atoms with Crippen LogP contribution in [0.3, 0.4) is 0 Å². The lowest BCUT2D eigenvalue weighted by molar-refractivity contribution is 0.461. The zero-order valence-electron chi connectivity index (χ0n) is 8.50. The summed E-state index contributed by atoms with van der Waals surface area (Å²) in [7, 11) is 0. The highest BCUT2D eigenvalue weighted by Crippen LogP contribution is 2.24. The second kappa shape index (κ2) is 5.29. The fraction of sp³-hybridized carbons (Fsp3) is 0.600. The molecule has 0 saturated carbocycles. The van der Waals surface area contributed by atoms with Crippen molar-refractivity contribution in [1.29, 1.82) is 0 Å². The van der Waals surface area contributed by atoms with Crippen molar-refractivity contribution in [3.8, 4) is 0 Å². The molecule has 2 rings (SSSR count). The highest BCUT2D eigenvalue weighted by molar-refractivity contribution is 7.79. The van der Waals surface area contributed by atoms with E-state index in [2.05, 4.69) is 29.5 Å². The van der Waals surface area contributed by atoms with E-state index in [1.54, 1.807) is 6.26 Å². The van der Waals surface area contributed by atoms with Crippen molar-refractivity contribution in [3.05, 3.63) is 23.5 Å². The fourth-order valence-electron chi connectivity index (χ4n) is 1.67. The zero-order valence-corrected chi connectivity index (χ0v) is 9.39. The average molecular weight is 214 g/mol. The van der Waals surface area contributed by atoms with Crippen molar-refractivity contribution in [1.82, 2.24) is 9.97 Å². The molecule has 0 N–H and O–H groups in total. The summed E-state index contributed by atoms with van der Waals surface area (Å²) in [4.78, 5) is 7.62. The van der Waals surface area contributed by atoms with Crippen LogP contribution in [-0.2, 0) is 12.8 Å². The molecule has 78 valence electrons. The normalized spacial score (nSPS) is 19.3. The summed E-state index contributed by atoms with van der Waals surface area (Å²) in [5.74, 6) is 0.304. The standard InChI is InChI=1S/C9H11FN2.CH4S/c1-6-2-3-7-8(4-6)11-5-12-9(7)10;1-2/h5-6H,2-4H2,1H3;2H,1H3. The van der Waals surface area contributed by atoms with Gasteiger partial charge in [0.05, 0.1) is 5.69 Å². The first-order valence-corrected chi connectivity index (χ1v) is 5.60. The molecule has 1 aromatic heterocycles. The van der Waals surface area contributed by atoms with E-state index in [9.17, 15) is 4.39 Å². The van der Waals surface area contributed by atoms with Gasteiger partial charge in [-0.05, 0) is 31.4 Å². The van der Waals surface area contributed by atoms with Gasteiger partial charge in [0.15, 0.2) is 0 Å². The van der Waals surface area contributed by atoms with Gasteiger partial charge in [-0.2, -0.15) is 17.0 Å². The van der Waals surface area contributed by atoms with E-state index in [4.69, 9.17) is 0 Å². The molecule has 0 aromatic carbocycles. The van der Waals surface area contributed by atoms with Crippen LogP contribution in [0.15, 0.2) is 6.33 Å². The molecule has 0 aliphatic heterocycles. The highest BCUT2D eigenvalue weighted by atomic mass is 32.1. The van der Waals surface area contributed by atoms with Crippen molar-refractivity contribution in [2.45, 2.75) is 26.2 Å². The monoisotopic (exact) mass is 214 g/mol. The van der Waals surface area contributed by atoms with Gasteiger partial charge in [-0.25, -0.2) is 9.97 Å². The number of rotatable bonds is 0. The number of halogens is 1. The minimum atomic E-state index is -0.327. The van der Waals surface area contributed by atoms with Gasteiger partial charge in [0.1, 0.15) is 6.33 Å². The number of fused-ring (bicyclic) bond motifs is 1. The minimum absolute atomic E-state index is 0.327. The number of thiol groups is 1. The van der Waals surface area contributed by atoms with E-state index in [1.807, 2.05) is 0 Å². The first-order chi connectivity index (χ1) is 6.77. The van der Waals surface area contributed by atoms with E-state index in [0.717, 1.165) is 30.5 Å². The van der Waals surface area contributed by atoms with Crippen LogP contribution >= 0.6 is 12.6 Å². The second-order valence-electron chi connectivity index (χ2n) is 3.44. The van der Waals surface area contributed by atoms with Crippen LogP contribution in [0.25, 0.3) is 0 Å². The van der Waals surface area contributed by atoms with Gasteiger partial charge in [0, 0.05) is 5.56 Å². The molecule has 1 aromatic rings. The number of aromatic nitrogens is 2. The molecule has 0 saturated heterocycles. The molecular formula is C10H15FN2S. The van der Waals surface area contributed by atoms with Gasteiger partial charge in [-0.15, -0.1) is 0 Å². The van der Waals surface area contributed by atoms with Crippen molar-refractivity contribution in [2.75, 3.05) is 6.26 Å². The zero-order chi connectivity index (χ0) is 10.6. The van der Waals surface area contributed by atoms with Crippen LogP contribution in [0, 0.1) is 11.9 Å². The van der Waals surface area contributed by atoms with E-state index >= 15 is 0 Å². The number of hydrogen-bond acceptors (Lipinski definition) is 3. The van der Waals surface area contributed by atoms with Crippen LogP contribution in [-0.4, -0.2) is 16.2 Å². The Morgan fingerprint density at radius 3 is 2.86 bits per heavy atom. The van der Waals surface area contributed by atoms with Crippen LogP contribution in [0.1, 0.15) is 24.6 Å². The topological polar surface area (TPSA) is 25.8 Å². The summed E-state index contributed by atoms with van der Waals surface area (Å²) in [5.41, 5.74) is 1.64. The number of hydrogen-bond donors (Lipinski definition) is 1. The lowest BCUT2D eigenvalue weighted by Gasteiger charge is -2.19. The molecule has 0 spiro atoms. The lowest BCUT2D eigenvalue weighted by atomic mass is 9.89. The predicted octanol–water partition coefficient (Wildman–Crippen LogP) is 2.29. The lowest BCUT2D eigenvalue weighted by Crippen LogP contribution is -2.15. The van der Waals surface area contributed by atoms with Crippen molar-refractivity contribution in [2.24, 2.45) is 5.92 Å². The first-order valence-electron chi connectivity index (χ1n) is 4.70. The smallest absolute Gasteiger partial charge is 0.219 e. The van der Waals surface area contributed by atoms with E-state index in [0.29, 0.717) is 5.92 Å². The summed E-state index contributed by atoms with van der Waals surface area (Å²) in [6.45, 7) is 2.17. The van der Waals surface area contributed by atoms with E-state index in [-0.39, 0.29) is 5.95 Å². The minimum Gasteiger partial charge on any atom is -0.241 e. The summed E-state index contributed by atoms with van der Waals surface area (Å²) in [6.07, 6.45) is 5.75. The Labute approximate surface area is 89.4 Å². The predicted molar refractivity (Wildman–Crippen MR) is 58.1 cm³/mol. The Balaban J connectivity index is 0.000000461. The van der Waals surface area contributed by atoms with Crippen LogP contribution in [0.2, 0.25) is 0 Å². The maximum Gasteiger partial charge on any atom is 0.219 e. The molecular weight excluding hydrogens is 199 g/mol. The SMILES string of the molecule is CC1CCc2c(F)ncnc2C1.CS. The van der Waals surface area contributed by atoms with Crippen LogP contribution in [0.5, 0.6) is 0 Å². The Morgan fingerprint density at radius 1 is 1.43 bits per heavy atom. The quantitative estimate of drug-likeness (QED) is 0.529. The fourth-order valence-corrected chi connectivity index (χ4v) is 1.67.